The average molecular weight is 379 g/mol. The summed E-state index contributed by atoms with van der Waals surface area (Å²) in [5.41, 5.74) is 4.79. The predicted octanol–water partition coefficient (Wildman–Crippen LogP) is 3.20. The molecule has 1 fully saturated rings. The van der Waals surface area contributed by atoms with E-state index in [0.29, 0.717) is 12.0 Å². The maximum atomic E-state index is 11.6. The van der Waals surface area contributed by atoms with Crippen LogP contribution in [0.2, 0.25) is 0 Å². The number of rotatable bonds is 2. The molecule has 1 saturated heterocycles. The molecule has 0 unspecified atom stereocenters. The molecule has 0 atom stereocenters. The Kier molecular flexibility index (Phi) is 4.19. The molecular formula is C15H11BrN2O3S. The summed E-state index contributed by atoms with van der Waals surface area (Å²) in [6.45, 7) is 0. The number of nitrogens with one attached hydrogen (secondary N) is 1. The molecule has 2 aliphatic heterocycles. The van der Waals surface area contributed by atoms with Crippen LogP contribution in [0.3, 0.4) is 0 Å². The molecule has 5 nitrogen and oxygen atoms in total. The lowest BCUT2D eigenvalue weighted by molar-refractivity contribution is -0.110. The van der Waals surface area contributed by atoms with Crippen LogP contribution in [0.5, 0.6) is 0 Å². The van der Waals surface area contributed by atoms with E-state index in [2.05, 4.69) is 16.1 Å². The molecule has 2 heterocycles. The van der Waals surface area contributed by atoms with Crippen LogP contribution in [0.4, 0.5) is 0 Å². The van der Waals surface area contributed by atoms with Gasteiger partial charge in [-0.25, -0.2) is 5.48 Å². The Hall–Kier alpha value is -1.83. The molecule has 22 heavy (non-hydrogen) atoms. The van der Waals surface area contributed by atoms with Crippen LogP contribution in [0.15, 0.2) is 53.2 Å². The van der Waals surface area contributed by atoms with Crippen LogP contribution in [0.1, 0.15) is 22.3 Å². The van der Waals surface area contributed by atoms with Crippen LogP contribution in [-0.4, -0.2) is 20.2 Å². The van der Waals surface area contributed by atoms with Crippen molar-refractivity contribution in [1.29, 1.82) is 0 Å². The summed E-state index contributed by atoms with van der Waals surface area (Å²) in [5, 5.41) is 8.77. The van der Waals surface area contributed by atoms with Gasteiger partial charge in [0.15, 0.2) is 5.12 Å². The summed E-state index contributed by atoms with van der Waals surface area (Å²) >= 11 is 4.65. The molecule has 0 radical (unpaired) electrons. The second kappa shape index (κ2) is 6.12. The van der Waals surface area contributed by atoms with Crippen molar-refractivity contribution in [3.8, 4) is 0 Å². The zero-order valence-corrected chi connectivity index (χ0v) is 13.6. The smallest absolute Gasteiger partial charge is 0.274 e. The van der Waals surface area contributed by atoms with Gasteiger partial charge in [-0.2, -0.15) is 0 Å². The zero-order chi connectivity index (χ0) is 15.7. The predicted molar refractivity (Wildman–Crippen MR) is 87.8 cm³/mol. The zero-order valence-electron chi connectivity index (χ0n) is 11.2. The van der Waals surface area contributed by atoms with E-state index in [1.165, 1.54) is 11.8 Å². The molecule has 0 spiro atoms. The van der Waals surface area contributed by atoms with Crippen molar-refractivity contribution in [3.63, 3.8) is 0 Å². The van der Waals surface area contributed by atoms with E-state index < -0.39 is 5.91 Å². The number of carbonyl (C=O) groups is 2. The monoisotopic (exact) mass is 378 g/mol. The van der Waals surface area contributed by atoms with E-state index in [1.807, 2.05) is 18.5 Å². The minimum atomic E-state index is -0.552. The van der Waals surface area contributed by atoms with Crippen LogP contribution >= 0.6 is 27.9 Å². The van der Waals surface area contributed by atoms with E-state index in [4.69, 9.17) is 5.21 Å². The molecule has 1 aromatic carbocycles. The summed E-state index contributed by atoms with van der Waals surface area (Å²) in [4.78, 5) is 23.9. The molecule has 2 aliphatic rings. The Labute approximate surface area is 139 Å². The number of amides is 1. The van der Waals surface area contributed by atoms with Gasteiger partial charge in [0.1, 0.15) is 0 Å². The fraction of sp³-hybridized carbons (Fsp3) is 0.0667. The highest BCUT2D eigenvalue weighted by molar-refractivity contribution is 9.07. The number of nitrogens with zero attached hydrogens (tertiary/aromatic N) is 1. The Morgan fingerprint density at radius 3 is 2.68 bits per heavy atom. The topological polar surface area (TPSA) is 69.6 Å². The molecule has 1 amide bonds. The third kappa shape index (κ3) is 3.01. The van der Waals surface area contributed by atoms with Gasteiger partial charge >= 0.3 is 0 Å². The molecule has 7 heteroatoms. The number of benzene rings is 1. The largest absolute Gasteiger partial charge is 0.290 e. The molecule has 3 rings (SSSR count). The van der Waals surface area contributed by atoms with Gasteiger partial charge in [0, 0.05) is 29.3 Å². The highest BCUT2D eigenvalue weighted by Crippen LogP contribution is 2.41. The molecule has 112 valence electrons. The molecule has 0 bridgehead atoms. The van der Waals surface area contributed by atoms with Crippen LogP contribution in [0.25, 0.3) is 5.57 Å². The second-order valence-electron chi connectivity index (χ2n) is 4.76. The van der Waals surface area contributed by atoms with Gasteiger partial charge in [-0.3, -0.25) is 18.7 Å². The van der Waals surface area contributed by atoms with Gasteiger partial charge in [0.05, 0.1) is 16.1 Å². The van der Waals surface area contributed by atoms with Crippen LogP contribution < -0.4 is 5.48 Å². The van der Waals surface area contributed by atoms with Crippen LogP contribution in [-0.2, 0) is 4.79 Å². The minimum Gasteiger partial charge on any atom is -0.290 e. The van der Waals surface area contributed by atoms with Gasteiger partial charge in [-0.1, -0.05) is 12.1 Å². The second-order valence-corrected chi connectivity index (χ2v) is 6.68. The summed E-state index contributed by atoms with van der Waals surface area (Å²) in [5.74, 6) is -0.552. The number of hydrogen-bond acceptors (Lipinski definition) is 5. The highest BCUT2D eigenvalue weighted by Gasteiger charge is 2.25. The van der Waals surface area contributed by atoms with Crippen molar-refractivity contribution in [2.24, 2.45) is 0 Å². The first kappa shape index (κ1) is 15.1. The first-order valence-corrected chi connectivity index (χ1v) is 7.93. The van der Waals surface area contributed by atoms with Gasteiger partial charge < -0.3 is 0 Å². The maximum absolute atomic E-state index is 11.6. The van der Waals surface area contributed by atoms with E-state index >= 15 is 0 Å². The third-order valence-corrected chi connectivity index (χ3v) is 4.66. The fourth-order valence-electron chi connectivity index (χ4n) is 2.24. The number of halogens is 1. The SMILES string of the molecule is O=C1CC2=CC(c3ccc(C(=O)NO)cc3)=CN(Br)C=C2S1. The fourth-order valence-corrected chi connectivity index (χ4v) is 3.70. The number of thioether (sulfide) groups is 1. The molecule has 2 N–H and O–H groups in total. The normalized spacial score (nSPS) is 17.3. The molecule has 0 aromatic heterocycles. The Balaban J connectivity index is 1.94. The summed E-state index contributed by atoms with van der Waals surface area (Å²) in [6.07, 6.45) is 6.15. The molecular weight excluding hydrogens is 368 g/mol. The molecule has 0 aliphatic carbocycles. The lowest BCUT2D eigenvalue weighted by Crippen LogP contribution is -2.18. The first-order chi connectivity index (χ1) is 10.6. The van der Waals surface area contributed by atoms with E-state index in [9.17, 15) is 9.59 Å². The molecule has 1 aromatic rings. The number of hydroxylamine groups is 1. The summed E-state index contributed by atoms with van der Waals surface area (Å²) < 4.78 is 1.74. The van der Waals surface area contributed by atoms with Gasteiger partial charge in [0.2, 0.25) is 0 Å². The van der Waals surface area contributed by atoms with Gasteiger partial charge in [-0.15, -0.1) is 0 Å². The van der Waals surface area contributed by atoms with Crippen molar-refractivity contribution < 1.29 is 14.8 Å². The van der Waals surface area contributed by atoms with Crippen molar-refractivity contribution in [2.75, 3.05) is 0 Å². The van der Waals surface area contributed by atoms with E-state index in [-0.39, 0.29) is 5.12 Å². The third-order valence-electron chi connectivity index (χ3n) is 3.29. The van der Waals surface area contributed by atoms with Crippen molar-refractivity contribution >= 4 is 44.5 Å². The Morgan fingerprint density at radius 1 is 1.27 bits per heavy atom. The van der Waals surface area contributed by atoms with E-state index in [0.717, 1.165) is 21.6 Å². The van der Waals surface area contributed by atoms with Crippen molar-refractivity contribution in [2.45, 2.75) is 6.42 Å². The van der Waals surface area contributed by atoms with E-state index in [1.54, 1.807) is 33.7 Å². The van der Waals surface area contributed by atoms with Crippen molar-refractivity contribution in [3.05, 3.63) is 64.3 Å². The summed E-state index contributed by atoms with van der Waals surface area (Å²) in [6, 6.07) is 6.85. The number of hydrogen-bond donors (Lipinski definition) is 2. The summed E-state index contributed by atoms with van der Waals surface area (Å²) in [7, 11) is 0. The lowest BCUT2D eigenvalue weighted by atomic mass is 10.0. The van der Waals surface area contributed by atoms with Crippen LogP contribution in [0, 0.1) is 0 Å². The number of fused-ring (bicyclic) bond motifs is 1. The standard InChI is InChI=1S/C15H11BrN2O3S/c16-18-7-12(5-11-6-14(19)22-13(11)8-18)9-1-3-10(4-2-9)15(20)17-21/h1-5,7-8,21H,6H2,(H,17,20). The van der Waals surface area contributed by atoms with Gasteiger partial charge in [-0.05, 0) is 46.7 Å². The highest BCUT2D eigenvalue weighted by atomic mass is 79.9. The maximum Gasteiger partial charge on any atom is 0.274 e. The number of carbonyl (C=O) groups excluding carboxylic acids is 2. The lowest BCUT2D eigenvalue weighted by Gasteiger charge is -2.08. The average Bonchev–Trinajstić information content (AvgIpc) is 2.77. The minimum absolute atomic E-state index is 0.134. The van der Waals surface area contributed by atoms with Crippen molar-refractivity contribution in [1.82, 2.24) is 9.41 Å². The molecule has 0 saturated carbocycles. The Bertz CT molecular complexity index is 738. The first-order valence-electron chi connectivity index (χ1n) is 6.41. The van der Waals surface area contributed by atoms with Gasteiger partial charge in [0.25, 0.3) is 5.91 Å². The Morgan fingerprint density at radius 2 is 2.00 bits per heavy atom. The quantitative estimate of drug-likeness (QED) is 0.469. The number of allylic oxidation sites excluding steroid dienone is 3.